The van der Waals surface area contributed by atoms with Gasteiger partial charge in [-0.25, -0.2) is 9.07 Å². The third-order valence-electron chi connectivity index (χ3n) is 4.04. The van der Waals surface area contributed by atoms with Crippen LogP contribution >= 0.6 is 0 Å². The lowest BCUT2D eigenvalue weighted by atomic mass is 10.1. The number of anilines is 2. The fraction of sp³-hybridized carbons (Fsp3) is 0.238. The van der Waals surface area contributed by atoms with Crippen LogP contribution in [-0.2, 0) is 13.1 Å². The van der Waals surface area contributed by atoms with Crippen molar-refractivity contribution in [2.24, 2.45) is 0 Å². The van der Waals surface area contributed by atoms with Crippen molar-refractivity contribution in [3.8, 4) is 0 Å². The minimum absolute atomic E-state index is 0.242. The van der Waals surface area contributed by atoms with Gasteiger partial charge in [0.05, 0.1) is 19.3 Å². The second kappa shape index (κ2) is 9.52. The lowest BCUT2D eigenvalue weighted by Crippen LogP contribution is -2.00. The number of rotatable bonds is 9. The number of hydrogen-bond acceptors (Lipinski definition) is 4. The number of aromatic nitrogens is 3. The number of benzene rings is 2. The minimum atomic E-state index is -0.440. The van der Waals surface area contributed by atoms with E-state index in [9.17, 15) is 4.39 Å². The van der Waals surface area contributed by atoms with Gasteiger partial charge in [-0.1, -0.05) is 41.6 Å². The van der Waals surface area contributed by atoms with Crippen molar-refractivity contribution < 1.29 is 4.39 Å². The van der Waals surface area contributed by atoms with Crippen LogP contribution in [0.5, 0.6) is 0 Å². The van der Waals surface area contributed by atoms with Crippen LogP contribution in [0.1, 0.15) is 23.7 Å². The molecule has 0 radical (unpaired) electrons. The average molecular weight is 365 g/mol. The Labute approximate surface area is 158 Å². The van der Waals surface area contributed by atoms with Crippen LogP contribution in [0.3, 0.4) is 0 Å². The van der Waals surface area contributed by atoms with Crippen molar-refractivity contribution in [1.82, 2.24) is 15.0 Å². The molecule has 2 aromatic carbocycles. The van der Waals surface area contributed by atoms with Gasteiger partial charge in [-0.3, -0.25) is 0 Å². The molecular weight excluding hydrogens is 341 g/mol. The number of hydrogen-bond donors (Lipinski definition) is 2. The van der Waals surface area contributed by atoms with Crippen LogP contribution in [0.2, 0.25) is 0 Å². The van der Waals surface area contributed by atoms with Crippen LogP contribution in [0.15, 0.2) is 54.7 Å². The molecule has 0 saturated heterocycles. The molecule has 3 aromatic rings. The van der Waals surface area contributed by atoms with Crippen LogP contribution in [-0.4, -0.2) is 28.2 Å². The summed E-state index contributed by atoms with van der Waals surface area (Å²) < 4.78 is 13.8. The SMILES string of the molecule is CCNc1ccc(/C=C/c2ccc(NCc3cn(CCF)nn3)cc2)cc1. The van der Waals surface area contributed by atoms with Gasteiger partial charge in [0.15, 0.2) is 0 Å². The summed E-state index contributed by atoms with van der Waals surface area (Å²) in [6, 6.07) is 16.5. The molecule has 27 heavy (non-hydrogen) atoms. The predicted octanol–water partition coefficient (Wildman–Crippen LogP) is 4.46. The molecule has 1 heterocycles. The number of alkyl halides is 1. The third-order valence-corrected chi connectivity index (χ3v) is 4.04. The van der Waals surface area contributed by atoms with Crippen LogP contribution in [0.25, 0.3) is 12.2 Å². The smallest absolute Gasteiger partial charge is 0.109 e. The molecule has 0 unspecified atom stereocenters. The van der Waals surface area contributed by atoms with Crippen molar-refractivity contribution in [2.45, 2.75) is 20.0 Å². The Kier molecular flexibility index (Phi) is 6.57. The van der Waals surface area contributed by atoms with Crippen LogP contribution in [0, 0.1) is 0 Å². The first-order valence-electron chi connectivity index (χ1n) is 9.08. The predicted molar refractivity (Wildman–Crippen MR) is 109 cm³/mol. The molecule has 6 heteroatoms. The van der Waals surface area contributed by atoms with Gasteiger partial charge in [0.25, 0.3) is 0 Å². The largest absolute Gasteiger partial charge is 0.385 e. The average Bonchev–Trinajstić information content (AvgIpc) is 3.15. The molecule has 5 nitrogen and oxygen atoms in total. The van der Waals surface area contributed by atoms with Crippen molar-refractivity contribution >= 4 is 23.5 Å². The summed E-state index contributed by atoms with van der Waals surface area (Å²) in [5.74, 6) is 0. The Morgan fingerprint density at radius 2 is 1.52 bits per heavy atom. The van der Waals surface area contributed by atoms with Gasteiger partial charge < -0.3 is 10.6 Å². The molecule has 0 aliphatic rings. The number of halogens is 1. The summed E-state index contributed by atoms with van der Waals surface area (Å²) in [7, 11) is 0. The molecule has 0 amide bonds. The number of nitrogens with zero attached hydrogens (tertiary/aromatic N) is 3. The summed E-state index contributed by atoms with van der Waals surface area (Å²) in [5, 5.41) is 14.5. The van der Waals surface area contributed by atoms with Gasteiger partial charge in [0, 0.05) is 17.9 Å². The molecule has 140 valence electrons. The molecule has 0 fully saturated rings. The van der Waals surface area contributed by atoms with E-state index in [4.69, 9.17) is 0 Å². The maximum Gasteiger partial charge on any atom is 0.109 e. The van der Waals surface area contributed by atoms with Crippen molar-refractivity contribution in [3.05, 3.63) is 71.5 Å². The molecular formula is C21H24FN5. The summed E-state index contributed by atoms with van der Waals surface area (Å²) in [5.41, 5.74) is 5.21. The lowest BCUT2D eigenvalue weighted by molar-refractivity contribution is 0.422. The normalized spacial score (nSPS) is 11.0. The Hall–Kier alpha value is -3.15. The van der Waals surface area contributed by atoms with E-state index in [1.54, 1.807) is 6.20 Å². The second-order valence-corrected chi connectivity index (χ2v) is 6.12. The topological polar surface area (TPSA) is 54.8 Å². The Bertz CT molecular complexity index is 853. The minimum Gasteiger partial charge on any atom is -0.385 e. The molecule has 0 atom stereocenters. The fourth-order valence-electron chi connectivity index (χ4n) is 2.63. The lowest BCUT2D eigenvalue weighted by Gasteiger charge is -2.04. The molecule has 0 aliphatic heterocycles. The first-order chi connectivity index (χ1) is 13.3. The van der Waals surface area contributed by atoms with Gasteiger partial charge in [0.2, 0.25) is 0 Å². The summed E-state index contributed by atoms with van der Waals surface area (Å²) in [6.45, 7) is 3.37. The van der Waals surface area contributed by atoms with Crippen LogP contribution in [0.4, 0.5) is 15.8 Å². The van der Waals surface area contributed by atoms with Gasteiger partial charge in [-0.15, -0.1) is 5.10 Å². The zero-order valence-corrected chi connectivity index (χ0v) is 15.4. The van der Waals surface area contributed by atoms with E-state index >= 15 is 0 Å². The van der Waals surface area contributed by atoms with Gasteiger partial charge in [-0.05, 0) is 42.3 Å². The molecule has 2 N–H and O–H groups in total. The van der Waals surface area contributed by atoms with E-state index in [-0.39, 0.29) is 6.54 Å². The highest BCUT2D eigenvalue weighted by molar-refractivity contribution is 5.71. The summed E-state index contributed by atoms with van der Waals surface area (Å²) in [6.07, 6.45) is 5.95. The summed E-state index contributed by atoms with van der Waals surface area (Å²) in [4.78, 5) is 0. The Morgan fingerprint density at radius 3 is 2.07 bits per heavy atom. The highest BCUT2D eigenvalue weighted by Gasteiger charge is 2.00. The van der Waals surface area contributed by atoms with E-state index in [0.717, 1.165) is 34.7 Å². The Morgan fingerprint density at radius 1 is 0.926 bits per heavy atom. The Balaban J connectivity index is 1.53. The highest BCUT2D eigenvalue weighted by atomic mass is 19.1. The number of nitrogens with one attached hydrogen (secondary N) is 2. The van der Waals surface area contributed by atoms with E-state index in [1.165, 1.54) is 4.68 Å². The zero-order chi connectivity index (χ0) is 18.9. The quantitative estimate of drug-likeness (QED) is 0.550. The molecule has 1 aromatic heterocycles. The van der Waals surface area contributed by atoms with Crippen molar-refractivity contribution in [2.75, 3.05) is 23.9 Å². The maximum absolute atomic E-state index is 12.3. The third kappa shape index (κ3) is 5.67. The van der Waals surface area contributed by atoms with E-state index < -0.39 is 6.67 Å². The molecule has 0 aliphatic carbocycles. The van der Waals surface area contributed by atoms with Gasteiger partial charge >= 0.3 is 0 Å². The molecule has 0 spiro atoms. The van der Waals surface area contributed by atoms with E-state index in [0.29, 0.717) is 6.54 Å². The standard InChI is InChI=1S/C21H24FN5/c1-2-23-19-9-5-17(6-10-19)3-4-18-7-11-20(12-8-18)24-15-21-16-27(14-13-22)26-25-21/h3-12,16,23-24H,2,13-15H2,1H3/b4-3+. The fourth-order valence-corrected chi connectivity index (χ4v) is 2.63. The van der Waals surface area contributed by atoms with Gasteiger partial charge in [-0.2, -0.15) is 0 Å². The van der Waals surface area contributed by atoms with Crippen LogP contribution < -0.4 is 10.6 Å². The highest BCUT2D eigenvalue weighted by Crippen LogP contribution is 2.15. The van der Waals surface area contributed by atoms with E-state index in [1.807, 2.05) is 12.1 Å². The van der Waals surface area contributed by atoms with Crippen molar-refractivity contribution in [1.29, 1.82) is 0 Å². The number of aryl methyl sites for hydroxylation is 1. The summed E-state index contributed by atoms with van der Waals surface area (Å²) >= 11 is 0. The van der Waals surface area contributed by atoms with E-state index in [2.05, 4.69) is 76.4 Å². The maximum atomic E-state index is 12.3. The molecule has 3 rings (SSSR count). The second-order valence-electron chi connectivity index (χ2n) is 6.12. The zero-order valence-electron chi connectivity index (χ0n) is 15.4. The first-order valence-corrected chi connectivity index (χ1v) is 9.08. The van der Waals surface area contributed by atoms with Crippen molar-refractivity contribution in [3.63, 3.8) is 0 Å². The molecule has 0 bridgehead atoms. The van der Waals surface area contributed by atoms with Gasteiger partial charge in [0.1, 0.15) is 12.4 Å². The first kappa shape index (κ1) is 18.6. The molecule has 0 saturated carbocycles. The monoisotopic (exact) mass is 365 g/mol.